The van der Waals surface area contributed by atoms with Crippen LogP contribution >= 0.6 is 11.6 Å². The number of aliphatic imine (C=N–C) groups is 1. The summed E-state index contributed by atoms with van der Waals surface area (Å²) in [6, 6.07) is 6.51. The summed E-state index contributed by atoms with van der Waals surface area (Å²) in [7, 11) is 1.43. The highest BCUT2D eigenvalue weighted by Gasteiger charge is 2.20. The number of nitrogens with zero attached hydrogens (tertiary/aromatic N) is 1. The van der Waals surface area contributed by atoms with E-state index in [0.29, 0.717) is 11.4 Å². The Morgan fingerprint density at radius 3 is 2.45 bits per heavy atom. The number of allylic oxidation sites excluding steroid dienone is 1. The number of hydrogen-bond donors (Lipinski definition) is 2. The van der Waals surface area contributed by atoms with Gasteiger partial charge in [0.25, 0.3) is 0 Å². The highest BCUT2D eigenvalue weighted by Crippen LogP contribution is 2.16. The Bertz CT molecular complexity index is 639. The number of rotatable bonds is 6. The van der Waals surface area contributed by atoms with E-state index in [1.54, 1.807) is 31.2 Å². The van der Waals surface area contributed by atoms with Crippen molar-refractivity contribution in [3.63, 3.8) is 0 Å². The van der Waals surface area contributed by atoms with E-state index in [-0.39, 0.29) is 22.7 Å². The molecule has 0 heterocycles. The van der Waals surface area contributed by atoms with E-state index < -0.39 is 18.4 Å². The van der Waals surface area contributed by atoms with Crippen LogP contribution in [0, 0.1) is 0 Å². The van der Waals surface area contributed by atoms with Crippen molar-refractivity contribution in [3.05, 3.63) is 46.1 Å². The van der Waals surface area contributed by atoms with Crippen LogP contribution in [0.5, 0.6) is 0 Å². The van der Waals surface area contributed by atoms with Gasteiger partial charge < -0.3 is 16.2 Å². The van der Waals surface area contributed by atoms with Gasteiger partial charge in [0.15, 0.2) is 6.61 Å². The fraction of sp³-hybridized carbons (Fsp3) is 0.267. The second-order valence-corrected chi connectivity index (χ2v) is 4.75. The lowest BCUT2D eigenvalue weighted by atomic mass is 10.1. The zero-order valence-electron chi connectivity index (χ0n) is 12.4. The standard InChI is InChI=1S/C15H18ClN3O3/c1-3-11(17)13(14(18)19-2)15(21)22-8-12(20)9-6-4-5-7-10(9)16/h4-7H,3,8,17H2,1-2H3,(H2,18,19)/b13-11+. The number of halogens is 1. The van der Waals surface area contributed by atoms with Gasteiger partial charge in [-0.15, -0.1) is 0 Å². The van der Waals surface area contributed by atoms with Crippen molar-refractivity contribution < 1.29 is 14.3 Å². The summed E-state index contributed by atoms with van der Waals surface area (Å²) in [6.45, 7) is 1.31. The van der Waals surface area contributed by atoms with E-state index >= 15 is 0 Å². The molecule has 0 aliphatic rings. The van der Waals surface area contributed by atoms with Gasteiger partial charge in [-0.1, -0.05) is 30.7 Å². The number of carbonyl (C=O) groups is 2. The molecular weight excluding hydrogens is 306 g/mol. The molecule has 0 saturated carbocycles. The predicted molar refractivity (Wildman–Crippen MR) is 85.8 cm³/mol. The number of hydrogen-bond acceptors (Lipinski definition) is 5. The topological polar surface area (TPSA) is 108 Å². The SMILES string of the molecule is CC/C(N)=C(\C(=O)OCC(=O)c1ccccc1Cl)C(N)=NC. The van der Waals surface area contributed by atoms with E-state index in [0.717, 1.165) is 0 Å². The molecule has 1 aromatic carbocycles. The molecule has 1 rings (SSSR count). The molecule has 6 nitrogen and oxygen atoms in total. The van der Waals surface area contributed by atoms with Gasteiger partial charge >= 0.3 is 5.97 Å². The molecule has 0 bridgehead atoms. The van der Waals surface area contributed by atoms with Crippen LogP contribution in [0.25, 0.3) is 0 Å². The number of benzene rings is 1. The molecule has 0 aromatic heterocycles. The van der Waals surface area contributed by atoms with Crippen molar-refractivity contribution >= 4 is 29.2 Å². The van der Waals surface area contributed by atoms with Crippen molar-refractivity contribution in [2.45, 2.75) is 13.3 Å². The van der Waals surface area contributed by atoms with Gasteiger partial charge in [0.1, 0.15) is 11.4 Å². The first-order valence-corrected chi connectivity index (χ1v) is 6.96. The minimum Gasteiger partial charge on any atom is -0.454 e. The second kappa shape index (κ2) is 8.19. The van der Waals surface area contributed by atoms with Gasteiger partial charge in [-0.3, -0.25) is 9.79 Å². The summed E-state index contributed by atoms with van der Waals surface area (Å²) in [5, 5.41) is 0.294. The monoisotopic (exact) mass is 323 g/mol. The van der Waals surface area contributed by atoms with Crippen LogP contribution in [-0.2, 0) is 9.53 Å². The van der Waals surface area contributed by atoms with Crippen LogP contribution in [0.2, 0.25) is 5.02 Å². The molecule has 0 spiro atoms. The molecule has 1 aromatic rings. The first-order valence-electron chi connectivity index (χ1n) is 6.58. The number of Topliss-reactive ketones (excluding diaryl/α,β-unsaturated/α-hetero) is 1. The highest BCUT2D eigenvalue weighted by atomic mass is 35.5. The van der Waals surface area contributed by atoms with Crippen LogP contribution < -0.4 is 11.5 Å². The zero-order valence-corrected chi connectivity index (χ0v) is 13.2. The van der Waals surface area contributed by atoms with Crippen molar-refractivity contribution in [1.29, 1.82) is 0 Å². The Morgan fingerprint density at radius 1 is 1.27 bits per heavy atom. The molecule has 7 heteroatoms. The minimum absolute atomic E-state index is 0.0167. The number of carbonyl (C=O) groups excluding carboxylic acids is 2. The molecule has 0 aliphatic heterocycles. The maximum atomic E-state index is 12.1. The average molecular weight is 324 g/mol. The summed E-state index contributed by atoms with van der Waals surface area (Å²) in [5.41, 5.74) is 11.9. The largest absolute Gasteiger partial charge is 0.454 e. The van der Waals surface area contributed by atoms with Crippen molar-refractivity contribution in [2.75, 3.05) is 13.7 Å². The van der Waals surface area contributed by atoms with E-state index in [4.69, 9.17) is 27.8 Å². The number of ketones is 1. The molecule has 22 heavy (non-hydrogen) atoms. The third kappa shape index (κ3) is 4.33. The van der Waals surface area contributed by atoms with Gasteiger partial charge in [0.05, 0.1) is 5.02 Å². The molecule has 0 unspecified atom stereocenters. The quantitative estimate of drug-likeness (QED) is 0.272. The van der Waals surface area contributed by atoms with Crippen molar-refractivity contribution in [2.24, 2.45) is 16.5 Å². The normalized spacial score (nSPS) is 12.6. The molecule has 0 atom stereocenters. The third-order valence-electron chi connectivity index (χ3n) is 2.91. The van der Waals surface area contributed by atoms with Gasteiger partial charge in [-0.25, -0.2) is 4.79 Å². The predicted octanol–water partition coefficient (Wildman–Crippen LogP) is 1.68. The Balaban J connectivity index is 2.85. The van der Waals surface area contributed by atoms with Crippen LogP contribution in [-0.4, -0.2) is 31.2 Å². The molecule has 0 saturated heterocycles. The smallest absolute Gasteiger partial charge is 0.344 e. The summed E-state index contributed by atoms with van der Waals surface area (Å²) >= 11 is 5.91. The Hall–Kier alpha value is -2.34. The fourth-order valence-electron chi connectivity index (χ4n) is 1.66. The third-order valence-corrected chi connectivity index (χ3v) is 3.24. The maximum Gasteiger partial charge on any atom is 0.344 e. The van der Waals surface area contributed by atoms with Crippen LogP contribution in [0.15, 0.2) is 40.5 Å². The average Bonchev–Trinajstić information content (AvgIpc) is 2.52. The van der Waals surface area contributed by atoms with Crippen molar-refractivity contribution in [3.8, 4) is 0 Å². The second-order valence-electron chi connectivity index (χ2n) is 4.34. The van der Waals surface area contributed by atoms with Gasteiger partial charge in [0, 0.05) is 18.3 Å². The van der Waals surface area contributed by atoms with Crippen LogP contribution in [0.4, 0.5) is 0 Å². The summed E-state index contributed by atoms with van der Waals surface area (Å²) in [4.78, 5) is 27.8. The lowest BCUT2D eigenvalue weighted by Gasteiger charge is -2.10. The van der Waals surface area contributed by atoms with E-state index in [1.165, 1.54) is 7.05 Å². The molecule has 118 valence electrons. The maximum absolute atomic E-state index is 12.1. The van der Waals surface area contributed by atoms with Crippen LogP contribution in [0.1, 0.15) is 23.7 Å². The number of amidine groups is 1. The molecule has 0 aliphatic carbocycles. The molecule has 0 fully saturated rings. The molecule has 0 amide bonds. The molecular formula is C15H18ClN3O3. The van der Waals surface area contributed by atoms with Crippen molar-refractivity contribution in [1.82, 2.24) is 0 Å². The number of ether oxygens (including phenoxy) is 1. The van der Waals surface area contributed by atoms with E-state index in [9.17, 15) is 9.59 Å². The number of esters is 1. The van der Waals surface area contributed by atoms with Gasteiger partial charge in [-0.05, 0) is 18.6 Å². The van der Waals surface area contributed by atoms with Crippen LogP contribution in [0.3, 0.4) is 0 Å². The first kappa shape index (κ1) is 17.7. The zero-order chi connectivity index (χ0) is 16.7. The Morgan fingerprint density at radius 2 is 1.91 bits per heavy atom. The Labute approximate surface area is 133 Å². The summed E-state index contributed by atoms with van der Waals surface area (Å²) in [5.74, 6) is -1.24. The van der Waals surface area contributed by atoms with E-state index in [1.807, 2.05) is 0 Å². The van der Waals surface area contributed by atoms with E-state index in [2.05, 4.69) is 4.99 Å². The lowest BCUT2D eigenvalue weighted by molar-refractivity contribution is -0.137. The lowest BCUT2D eigenvalue weighted by Crippen LogP contribution is -2.28. The molecule has 0 radical (unpaired) electrons. The summed E-state index contributed by atoms with van der Waals surface area (Å²) < 4.78 is 4.98. The van der Waals surface area contributed by atoms with Gasteiger partial charge in [0.2, 0.25) is 5.78 Å². The van der Waals surface area contributed by atoms with Gasteiger partial charge in [-0.2, -0.15) is 0 Å². The minimum atomic E-state index is -0.789. The first-order chi connectivity index (χ1) is 10.4. The number of nitrogens with two attached hydrogens (primary N) is 2. The fourth-order valence-corrected chi connectivity index (χ4v) is 1.90. The summed E-state index contributed by atoms with van der Waals surface area (Å²) in [6.07, 6.45) is 0.402. The molecule has 4 N–H and O–H groups in total. The Kier molecular flexibility index (Phi) is 6.59. The highest BCUT2D eigenvalue weighted by molar-refractivity contribution is 6.34.